The number of aromatic nitrogens is 2. The van der Waals surface area contributed by atoms with E-state index in [2.05, 4.69) is 20.6 Å². The summed E-state index contributed by atoms with van der Waals surface area (Å²) >= 11 is 0. The van der Waals surface area contributed by atoms with Crippen LogP contribution in [-0.4, -0.2) is 23.0 Å². The molecule has 29 heavy (non-hydrogen) atoms. The molecule has 8 nitrogen and oxygen atoms in total. The SMILES string of the molecule is COc1ccc([C@@H]2c3c(nc(Nc4ccccc4)[nH]c3=O)NC(=O)[C@H]2C#N)cc1. The van der Waals surface area contributed by atoms with Crippen LogP contribution < -0.4 is 20.9 Å². The maximum atomic E-state index is 12.9. The quantitative estimate of drug-likeness (QED) is 0.633. The molecule has 0 radical (unpaired) electrons. The van der Waals surface area contributed by atoms with Crippen molar-refractivity contribution in [1.29, 1.82) is 5.26 Å². The minimum absolute atomic E-state index is 0.143. The molecule has 3 N–H and O–H groups in total. The van der Waals surface area contributed by atoms with Crippen molar-refractivity contribution in [1.82, 2.24) is 9.97 Å². The molecule has 1 aliphatic heterocycles. The van der Waals surface area contributed by atoms with Crippen molar-refractivity contribution in [3.63, 3.8) is 0 Å². The first-order chi connectivity index (χ1) is 14.1. The Morgan fingerprint density at radius 1 is 1.10 bits per heavy atom. The lowest BCUT2D eigenvalue weighted by Crippen LogP contribution is -2.38. The predicted molar refractivity (Wildman–Crippen MR) is 107 cm³/mol. The summed E-state index contributed by atoms with van der Waals surface area (Å²) in [6.45, 7) is 0. The summed E-state index contributed by atoms with van der Waals surface area (Å²) in [5, 5.41) is 15.2. The van der Waals surface area contributed by atoms with Crippen LogP contribution in [0.15, 0.2) is 59.4 Å². The first-order valence-electron chi connectivity index (χ1n) is 8.91. The molecular weight excluding hydrogens is 370 g/mol. The first kappa shape index (κ1) is 18.3. The second-order valence-electron chi connectivity index (χ2n) is 6.51. The molecule has 0 unspecified atom stereocenters. The van der Waals surface area contributed by atoms with E-state index in [0.29, 0.717) is 11.3 Å². The highest BCUT2D eigenvalue weighted by molar-refractivity contribution is 5.98. The Labute approximate surface area is 166 Å². The fraction of sp³-hybridized carbons (Fsp3) is 0.143. The summed E-state index contributed by atoms with van der Waals surface area (Å²) in [5.74, 6) is -1.31. The minimum Gasteiger partial charge on any atom is -0.497 e. The molecule has 4 rings (SSSR count). The molecule has 1 aliphatic rings. The van der Waals surface area contributed by atoms with Gasteiger partial charge in [0.2, 0.25) is 11.9 Å². The minimum atomic E-state index is -1.05. The number of H-pyrrole nitrogens is 1. The van der Waals surface area contributed by atoms with Gasteiger partial charge < -0.3 is 15.4 Å². The van der Waals surface area contributed by atoms with Gasteiger partial charge in [-0.25, -0.2) is 0 Å². The molecule has 0 aliphatic carbocycles. The normalized spacial score (nSPS) is 17.6. The van der Waals surface area contributed by atoms with Crippen LogP contribution in [0.2, 0.25) is 0 Å². The van der Waals surface area contributed by atoms with Gasteiger partial charge in [0.25, 0.3) is 5.56 Å². The Kier molecular flexibility index (Phi) is 4.71. The number of carbonyl (C=O) groups excluding carboxylic acids is 1. The topological polar surface area (TPSA) is 120 Å². The molecule has 0 bridgehead atoms. The lowest BCUT2D eigenvalue weighted by atomic mass is 9.79. The van der Waals surface area contributed by atoms with E-state index in [4.69, 9.17) is 4.74 Å². The van der Waals surface area contributed by atoms with Crippen molar-refractivity contribution in [2.24, 2.45) is 5.92 Å². The highest BCUT2D eigenvalue weighted by Gasteiger charge is 2.40. The smallest absolute Gasteiger partial charge is 0.258 e. The number of amides is 1. The summed E-state index contributed by atoms with van der Waals surface area (Å²) in [6, 6.07) is 18.2. The van der Waals surface area contributed by atoms with E-state index in [1.807, 2.05) is 36.4 Å². The Morgan fingerprint density at radius 3 is 2.48 bits per heavy atom. The summed E-state index contributed by atoms with van der Waals surface area (Å²) in [7, 11) is 1.55. The van der Waals surface area contributed by atoms with Gasteiger partial charge in [0.1, 0.15) is 17.5 Å². The number of para-hydroxylation sites is 1. The van der Waals surface area contributed by atoms with Gasteiger partial charge >= 0.3 is 0 Å². The molecule has 0 saturated heterocycles. The summed E-state index contributed by atoms with van der Waals surface area (Å²) in [4.78, 5) is 32.5. The lowest BCUT2D eigenvalue weighted by molar-refractivity contribution is -0.119. The molecule has 0 fully saturated rings. The third-order valence-electron chi connectivity index (χ3n) is 4.77. The summed E-state index contributed by atoms with van der Waals surface area (Å²) in [6.07, 6.45) is 0. The zero-order valence-electron chi connectivity index (χ0n) is 15.5. The van der Waals surface area contributed by atoms with Gasteiger partial charge in [0, 0.05) is 11.6 Å². The molecule has 0 spiro atoms. The van der Waals surface area contributed by atoms with E-state index in [1.165, 1.54) is 0 Å². The first-order valence-corrected chi connectivity index (χ1v) is 8.91. The van der Waals surface area contributed by atoms with Gasteiger partial charge in [-0.05, 0) is 29.8 Å². The number of carbonyl (C=O) groups is 1. The van der Waals surface area contributed by atoms with E-state index >= 15 is 0 Å². The summed E-state index contributed by atoms with van der Waals surface area (Å²) in [5.41, 5.74) is 1.22. The van der Waals surface area contributed by atoms with Crippen LogP contribution in [0.1, 0.15) is 17.0 Å². The number of hydrogen-bond acceptors (Lipinski definition) is 6. The van der Waals surface area contributed by atoms with Gasteiger partial charge in [-0.2, -0.15) is 10.2 Å². The second kappa shape index (κ2) is 7.48. The maximum Gasteiger partial charge on any atom is 0.258 e. The Morgan fingerprint density at radius 2 is 1.83 bits per heavy atom. The van der Waals surface area contributed by atoms with E-state index in [9.17, 15) is 14.9 Å². The third kappa shape index (κ3) is 3.41. The standard InChI is InChI=1S/C21H17N5O3/c1-29-14-9-7-12(8-10-14)16-15(11-22)19(27)24-18-17(16)20(28)26-21(25-18)23-13-5-3-2-4-6-13/h2-10,15-16H,1H3,(H3,23,24,25,26,27,28)/t15-,16-/m0/s1. The number of nitrogens with one attached hydrogen (secondary N) is 3. The highest BCUT2D eigenvalue weighted by atomic mass is 16.5. The number of nitrogens with zero attached hydrogens (tertiary/aromatic N) is 2. The van der Waals surface area contributed by atoms with Gasteiger partial charge in [-0.15, -0.1) is 0 Å². The maximum absolute atomic E-state index is 12.9. The Hall–Kier alpha value is -4.12. The van der Waals surface area contributed by atoms with E-state index < -0.39 is 23.3 Å². The molecule has 2 atom stereocenters. The fourth-order valence-corrected chi connectivity index (χ4v) is 3.40. The molecule has 1 amide bonds. The molecule has 2 heterocycles. The van der Waals surface area contributed by atoms with Crippen LogP contribution in [0, 0.1) is 17.2 Å². The molecular formula is C21H17N5O3. The number of ether oxygens (including phenoxy) is 1. The van der Waals surface area contributed by atoms with Crippen LogP contribution in [0.3, 0.4) is 0 Å². The number of rotatable bonds is 4. The van der Waals surface area contributed by atoms with Crippen molar-refractivity contribution in [3.05, 3.63) is 76.1 Å². The predicted octanol–water partition coefficient (Wildman–Crippen LogP) is 2.75. The number of fused-ring (bicyclic) bond motifs is 1. The van der Waals surface area contributed by atoms with Crippen molar-refractivity contribution in [2.45, 2.75) is 5.92 Å². The highest BCUT2D eigenvalue weighted by Crippen LogP contribution is 2.38. The van der Waals surface area contributed by atoms with Crippen LogP contribution in [0.25, 0.3) is 0 Å². The molecule has 1 aromatic heterocycles. The van der Waals surface area contributed by atoms with Crippen LogP contribution in [0.4, 0.5) is 17.5 Å². The van der Waals surface area contributed by atoms with Crippen molar-refractivity contribution in [2.75, 3.05) is 17.7 Å². The zero-order chi connectivity index (χ0) is 20.4. The van der Waals surface area contributed by atoms with E-state index in [1.54, 1.807) is 31.4 Å². The number of anilines is 3. The molecule has 2 aromatic carbocycles. The number of methoxy groups -OCH3 is 1. The molecule has 144 valence electrons. The third-order valence-corrected chi connectivity index (χ3v) is 4.77. The lowest BCUT2D eigenvalue weighted by Gasteiger charge is -2.28. The van der Waals surface area contributed by atoms with Gasteiger partial charge in [0.05, 0.1) is 18.7 Å². The Bertz CT molecular complexity index is 1150. The number of aromatic amines is 1. The average Bonchev–Trinajstić information content (AvgIpc) is 2.73. The van der Waals surface area contributed by atoms with Gasteiger partial charge in [-0.1, -0.05) is 30.3 Å². The van der Waals surface area contributed by atoms with Gasteiger partial charge in [0.15, 0.2) is 0 Å². The van der Waals surface area contributed by atoms with E-state index in [0.717, 1.165) is 5.69 Å². The number of nitriles is 1. The second-order valence-corrected chi connectivity index (χ2v) is 6.51. The Balaban J connectivity index is 1.80. The van der Waals surface area contributed by atoms with Crippen LogP contribution in [-0.2, 0) is 4.79 Å². The van der Waals surface area contributed by atoms with Crippen LogP contribution in [0.5, 0.6) is 5.75 Å². The zero-order valence-corrected chi connectivity index (χ0v) is 15.5. The van der Waals surface area contributed by atoms with Crippen LogP contribution >= 0.6 is 0 Å². The average molecular weight is 387 g/mol. The monoisotopic (exact) mass is 387 g/mol. The molecule has 0 saturated carbocycles. The van der Waals surface area contributed by atoms with E-state index in [-0.39, 0.29) is 17.3 Å². The van der Waals surface area contributed by atoms with Gasteiger partial charge in [-0.3, -0.25) is 14.6 Å². The number of hydrogen-bond donors (Lipinski definition) is 3. The molecule has 8 heteroatoms. The van der Waals surface area contributed by atoms with Crippen molar-refractivity contribution in [3.8, 4) is 11.8 Å². The van der Waals surface area contributed by atoms with Crippen molar-refractivity contribution < 1.29 is 9.53 Å². The van der Waals surface area contributed by atoms with Crippen molar-refractivity contribution >= 4 is 23.4 Å². The molecule has 3 aromatic rings. The number of benzene rings is 2. The summed E-state index contributed by atoms with van der Waals surface area (Å²) < 4.78 is 5.16. The largest absolute Gasteiger partial charge is 0.497 e. The fourth-order valence-electron chi connectivity index (χ4n) is 3.40.